The maximum absolute atomic E-state index is 13.9. The molecule has 9 nitrogen and oxygen atoms in total. The average Bonchev–Trinajstić information content (AvgIpc) is 2.71. The first-order valence-corrected chi connectivity index (χ1v) is 12.7. The Morgan fingerprint density at radius 3 is 1.67 bits per heavy atom. The van der Waals surface area contributed by atoms with Crippen LogP contribution >= 0.6 is 11.6 Å². The zero-order valence-electron chi connectivity index (χ0n) is 20.9. The Labute approximate surface area is 215 Å². The molecule has 2 aromatic carbocycles. The van der Waals surface area contributed by atoms with Gasteiger partial charge in [0.25, 0.3) is 10.0 Å². The fraction of sp³-hybridized carbons (Fsp3) is 0.400. The van der Waals surface area contributed by atoms with Gasteiger partial charge in [-0.1, -0.05) is 56.6 Å². The summed E-state index contributed by atoms with van der Waals surface area (Å²) in [5, 5.41) is 20.4. The highest BCUT2D eigenvalue weighted by Crippen LogP contribution is 2.43. The van der Waals surface area contributed by atoms with Crippen LogP contribution in [0, 0.1) is 5.41 Å². The van der Waals surface area contributed by atoms with Gasteiger partial charge in [-0.15, -0.1) is 0 Å². The number of sulfonamides is 1. The van der Waals surface area contributed by atoms with Crippen molar-refractivity contribution in [2.24, 2.45) is 5.41 Å². The summed E-state index contributed by atoms with van der Waals surface area (Å²) in [6.07, 6.45) is -2.68. The van der Waals surface area contributed by atoms with Crippen LogP contribution in [0.4, 0.5) is 4.79 Å². The third-order valence-corrected chi connectivity index (χ3v) is 7.54. The van der Waals surface area contributed by atoms with E-state index in [2.05, 4.69) is 0 Å². The summed E-state index contributed by atoms with van der Waals surface area (Å²) in [7, 11) is -4.92. The zero-order chi connectivity index (χ0) is 27.7. The van der Waals surface area contributed by atoms with Crippen molar-refractivity contribution in [3.63, 3.8) is 0 Å². The first-order valence-electron chi connectivity index (χ1n) is 10.9. The minimum absolute atomic E-state index is 0.0685. The van der Waals surface area contributed by atoms with Crippen LogP contribution in [0.5, 0.6) is 0 Å². The molecule has 36 heavy (non-hydrogen) atoms. The monoisotopic (exact) mass is 539 g/mol. The molecule has 0 aliphatic carbocycles. The van der Waals surface area contributed by atoms with E-state index in [1.54, 1.807) is 24.3 Å². The van der Waals surface area contributed by atoms with Crippen LogP contribution in [-0.4, -0.2) is 52.1 Å². The van der Waals surface area contributed by atoms with Crippen molar-refractivity contribution in [1.29, 1.82) is 0 Å². The van der Waals surface area contributed by atoms with Gasteiger partial charge in [0.1, 0.15) is 5.60 Å². The molecule has 2 N–H and O–H groups in total. The van der Waals surface area contributed by atoms with Crippen LogP contribution in [0.2, 0.25) is 5.02 Å². The largest absolute Gasteiger partial charge is 0.481 e. The van der Waals surface area contributed by atoms with Gasteiger partial charge in [-0.3, -0.25) is 4.79 Å². The van der Waals surface area contributed by atoms with Crippen LogP contribution < -0.4 is 0 Å². The number of hydrogen-bond acceptors (Lipinski definition) is 6. The second kappa shape index (κ2) is 10.1. The van der Waals surface area contributed by atoms with E-state index >= 15 is 0 Å². The second-order valence-corrected chi connectivity index (χ2v) is 12.5. The first kappa shape index (κ1) is 29.1. The number of hydrogen-bond donors (Lipinski definition) is 2. The molecule has 1 atom stereocenters. The molecule has 1 amide bonds. The zero-order valence-corrected chi connectivity index (χ0v) is 22.5. The van der Waals surface area contributed by atoms with Crippen LogP contribution in [0.15, 0.2) is 53.4 Å². The minimum atomic E-state index is -4.92. The number of carbonyl (C=O) groups is 3. The molecule has 11 heteroatoms. The number of ether oxygens (including phenoxy) is 1. The van der Waals surface area contributed by atoms with E-state index in [9.17, 15) is 33.0 Å². The molecule has 2 rings (SSSR count). The highest BCUT2D eigenvalue weighted by molar-refractivity contribution is 7.89. The molecule has 2 aromatic rings. The molecule has 0 spiro atoms. The van der Waals surface area contributed by atoms with E-state index in [4.69, 9.17) is 16.3 Å². The second-order valence-electron chi connectivity index (χ2n) is 10.3. The van der Waals surface area contributed by atoms with E-state index in [1.165, 1.54) is 65.8 Å². The van der Waals surface area contributed by atoms with Gasteiger partial charge in [0.15, 0.2) is 5.54 Å². The van der Waals surface area contributed by atoms with Crippen molar-refractivity contribution >= 4 is 39.7 Å². The van der Waals surface area contributed by atoms with Crippen molar-refractivity contribution in [2.75, 3.05) is 0 Å². The summed E-state index contributed by atoms with van der Waals surface area (Å²) in [4.78, 5) is 37.4. The van der Waals surface area contributed by atoms with Gasteiger partial charge in [0, 0.05) is 5.02 Å². The van der Waals surface area contributed by atoms with Gasteiger partial charge in [-0.05, 0) is 61.6 Å². The lowest BCUT2D eigenvalue weighted by atomic mass is 9.71. The van der Waals surface area contributed by atoms with Crippen LogP contribution in [-0.2, 0) is 24.3 Å². The normalized spacial score (nSPS) is 14.0. The lowest BCUT2D eigenvalue weighted by Crippen LogP contribution is -2.67. The van der Waals surface area contributed by atoms with Crippen LogP contribution in [0.25, 0.3) is 11.1 Å². The average molecular weight is 540 g/mol. The lowest BCUT2D eigenvalue weighted by molar-refractivity contribution is -0.161. The maximum Gasteiger partial charge on any atom is 0.425 e. The van der Waals surface area contributed by atoms with E-state index in [0.29, 0.717) is 10.6 Å². The van der Waals surface area contributed by atoms with Gasteiger partial charge in [0.05, 0.1) is 11.3 Å². The fourth-order valence-corrected chi connectivity index (χ4v) is 5.55. The predicted molar refractivity (Wildman–Crippen MR) is 134 cm³/mol. The van der Waals surface area contributed by atoms with Crippen LogP contribution in [0.3, 0.4) is 0 Å². The highest BCUT2D eigenvalue weighted by atomic mass is 35.5. The number of aliphatic carboxylic acids is 2. The van der Waals surface area contributed by atoms with Crippen molar-refractivity contribution in [3.8, 4) is 11.1 Å². The molecule has 0 saturated carbocycles. The Morgan fingerprint density at radius 2 is 1.31 bits per heavy atom. The van der Waals surface area contributed by atoms with Crippen molar-refractivity contribution in [3.05, 3.63) is 53.6 Å². The molecule has 0 unspecified atom stereocenters. The molecule has 0 bridgehead atoms. The summed E-state index contributed by atoms with van der Waals surface area (Å²) in [6.45, 7) is 8.48. The quantitative estimate of drug-likeness (QED) is 0.484. The third kappa shape index (κ3) is 5.99. The molecule has 0 aliphatic rings. The molecule has 196 valence electrons. The van der Waals surface area contributed by atoms with Crippen molar-refractivity contribution in [2.45, 2.75) is 64.0 Å². The van der Waals surface area contributed by atoms with Gasteiger partial charge in [-0.2, -0.15) is 4.31 Å². The van der Waals surface area contributed by atoms with E-state index in [0.717, 1.165) is 5.56 Å². The molecule has 0 aliphatic heterocycles. The number of nitrogens with zero attached hydrogens (tertiary/aromatic N) is 1. The Hall–Kier alpha value is -3.11. The van der Waals surface area contributed by atoms with E-state index in [1.807, 2.05) is 0 Å². The van der Waals surface area contributed by atoms with E-state index < -0.39 is 55.9 Å². The Balaban J connectivity index is 2.78. The van der Waals surface area contributed by atoms with Gasteiger partial charge >= 0.3 is 18.0 Å². The number of carbonyl (C=O) groups excluding carboxylic acids is 1. The minimum Gasteiger partial charge on any atom is -0.481 e. The summed E-state index contributed by atoms with van der Waals surface area (Å²) in [5.74, 6) is -3.40. The number of halogens is 1. The number of benzene rings is 2. The number of amides is 1. The smallest absolute Gasteiger partial charge is 0.425 e. The topological polar surface area (TPSA) is 138 Å². The first-order chi connectivity index (χ1) is 16.3. The van der Waals surface area contributed by atoms with Gasteiger partial charge < -0.3 is 14.9 Å². The number of carboxylic acids is 2. The predicted octanol–water partition coefficient (Wildman–Crippen LogP) is 5.28. The number of carboxylic acid groups (broad SMARTS) is 2. The summed E-state index contributed by atoms with van der Waals surface area (Å²) in [5.41, 5.74) is -4.08. The van der Waals surface area contributed by atoms with Crippen molar-refractivity contribution < 1.29 is 37.8 Å². The molecule has 0 radical (unpaired) electrons. The third-order valence-electron chi connectivity index (χ3n) is 5.48. The Kier molecular flexibility index (Phi) is 8.17. The van der Waals surface area contributed by atoms with Gasteiger partial charge in [0.2, 0.25) is 0 Å². The molecular weight excluding hydrogens is 510 g/mol. The molecule has 0 fully saturated rings. The Morgan fingerprint density at radius 1 is 0.861 bits per heavy atom. The van der Waals surface area contributed by atoms with E-state index in [-0.39, 0.29) is 4.31 Å². The summed E-state index contributed by atoms with van der Waals surface area (Å²) in [6, 6.07) is 12.2. The fourth-order valence-electron chi connectivity index (χ4n) is 3.67. The lowest BCUT2D eigenvalue weighted by Gasteiger charge is -2.46. The summed E-state index contributed by atoms with van der Waals surface area (Å²) >= 11 is 5.92. The Bertz CT molecular complexity index is 1240. The molecular formula is C25H30ClNO8S. The standard InChI is InChI=1S/C25H30ClNO8S/c1-23(2,3)25(21(30)31,15-20(28)29)27(22(32)35-24(4,5)6)36(33,34)19-13-9-17(10-14-19)16-7-11-18(26)12-8-16/h7-14H,15H2,1-6H3,(H,28,29)(H,30,31)/t25-/m1/s1. The van der Waals surface area contributed by atoms with Gasteiger partial charge in [-0.25, -0.2) is 18.0 Å². The molecule has 0 saturated heterocycles. The highest BCUT2D eigenvalue weighted by Gasteiger charge is 2.62. The van der Waals surface area contributed by atoms with Crippen molar-refractivity contribution in [1.82, 2.24) is 4.31 Å². The SMILES string of the molecule is CC(C)(C)OC(=O)N([C@](CC(=O)O)(C(=O)O)C(C)(C)C)S(=O)(=O)c1ccc(-c2ccc(Cl)cc2)cc1. The maximum atomic E-state index is 13.9. The number of rotatable bonds is 7. The molecule has 0 heterocycles. The molecule has 0 aromatic heterocycles. The van der Waals surface area contributed by atoms with Crippen LogP contribution in [0.1, 0.15) is 48.0 Å². The summed E-state index contributed by atoms with van der Waals surface area (Å²) < 4.78 is 33.1.